The summed E-state index contributed by atoms with van der Waals surface area (Å²) >= 11 is 5.51. The molecule has 2 rings (SSSR count). The molecule has 0 heterocycles. The van der Waals surface area contributed by atoms with E-state index < -0.39 is 5.82 Å². The number of hydrogen-bond acceptors (Lipinski definition) is 1. The normalized spacial score (nSPS) is 14.8. The Bertz CT molecular complexity index is 393. The van der Waals surface area contributed by atoms with Crippen molar-refractivity contribution in [1.82, 2.24) is 5.32 Å². The van der Waals surface area contributed by atoms with E-state index in [-0.39, 0.29) is 17.1 Å². The van der Waals surface area contributed by atoms with Crippen molar-refractivity contribution in [3.8, 4) is 0 Å². The number of nitrogens with one attached hydrogen (secondary N) is 2. The van der Waals surface area contributed by atoms with Gasteiger partial charge < -0.3 is 10.6 Å². The summed E-state index contributed by atoms with van der Waals surface area (Å²) < 4.78 is 13.0. The number of carbonyl (C=O) groups is 1. The van der Waals surface area contributed by atoms with Crippen LogP contribution in [0.25, 0.3) is 0 Å². The molecule has 0 aromatic heterocycles. The Morgan fingerprint density at radius 3 is 2.80 bits per heavy atom. The number of anilines is 1. The van der Waals surface area contributed by atoms with E-state index in [2.05, 4.69) is 10.6 Å². The second-order valence-corrected chi connectivity index (χ2v) is 3.91. The standard InChI is InChI=1S/C10H10ClFN2O/c11-8-4-3-7(5-9(8)12)14-10(15)13-6-1-2-6/h3-6H,1-2H2,(H2,13,14,15). The lowest BCUT2D eigenvalue weighted by atomic mass is 10.3. The highest BCUT2D eigenvalue weighted by atomic mass is 35.5. The Morgan fingerprint density at radius 2 is 2.20 bits per heavy atom. The van der Waals surface area contributed by atoms with Gasteiger partial charge in [-0.1, -0.05) is 11.6 Å². The van der Waals surface area contributed by atoms with Crippen LogP contribution in [0.4, 0.5) is 14.9 Å². The van der Waals surface area contributed by atoms with Crippen molar-refractivity contribution in [2.75, 3.05) is 5.32 Å². The van der Waals surface area contributed by atoms with Crippen molar-refractivity contribution in [2.24, 2.45) is 0 Å². The summed E-state index contributed by atoms with van der Waals surface area (Å²) in [5.74, 6) is -0.541. The molecule has 1 fully saturated rings. The van der Waals surface area contributed by atoms with Crippen LogP contribution >= 0.6 is 11.6 Å². The van der Waals surface area contributed by atoms with E-state index >= 15 is 0 Å². The number of amides is 2. The summed E-state index contributed by atoms with van der Waals surface area (Å²) in [6, 6.07) is 4.12. The summed E-state index contributed by atoms with van der Waals surface area (Å²) in [5, 5.41) is 5.31. The molecule has 1 aromatic rings. The van der Waals surface area contributed by atoms with Gasteiger partial charge in [-0.3, -0.25) is 0 Å². The molecule has 2 N–H and O–H groups in total. The van der Waals surface area contributed by atoms with Crippen LogP contribution in [0, 0.1) is 5.82 Å². The van der Waals surface area contributed by atoms with Gasteiger partial charge in [-0.25, -0.2) is 9.18 Å². The number of carbonyl (C=O) groups excluding carboxylic acids is 1. The van der Waals surface area contributed by atoms with Crippen LogP contribution in [0.3, 0.4) is 0 Å². The first-order valence-electron chi connectivity index (χ1n) is 4.68. The second-order valence-electron chi connectivity index (χ2n) is 3.50. The zero-order chi connectivity index (χ0) is 10.8. The van der Waals surface area contributed by atoms with Gasteiger partial charge in [0.1, 0.15) is 5.82 Å². The van der Waals surface area contributed by atoms with Gasteiger partial charge in [0.2, 0.25) is 0 Å². The molecule has 1 aromatic carbocycles. The lowest BCUT2D eigenvalue weighted by Crippen LogP contribution is -2.30. The van der Waals surface area contributed by atoms with Crippen molar-refractivity contribution >= 4 is 23.3 Å². The van der Waals surface area contributed by atoms with Crippen LogP contribution < -0.4 is 10.6 Å². The molecule has 0 bridgehead atoms. The Balaban J connectivity index is 1.97. The van der Waals surface area contributed by atoms with Crippen LogP contribution in [0.5, 0.6) is 0 Å². The van der Waals surface area contributed by atoms with Crippen molar-refractivity contribution < 1.29 is 9.18 Å². The fourth-order valence-electron chi connectivity index (χ4n) is 1.15. The zero-order valence-corrected chi connectivity index (χ0v) is 8.64. The zero-order valence-electron chi connectivity index (χ0n) is 7.89. The molecule has 0 radical (unpaired) electrons. The molecule has 1 aliphatic carbocycles. The average molecular weight is 229 g/mol. The fraction of sp³-hybridized carbons (Fsp3) is 0.300. The quantitative estimate of drug-likeness (QED) is 0.803. The van der Waals surface area contributed by atoms with E-state index in [1.165, 1.54) is 12.1 Å². The number of benzene rings is 1. The van der Waals surface area contributed by atoms with Gasteiger partial charge in [-0.2, -0.15) is 0 Å². The van der Waals surface area contributed by atoms with Crippen LogP contribution in [-0.2, 0) is 0 Å². The molecule has 2 amide bonds. The summed E-state index contributed by atoms with van der Waals surface area (Å²) in [5.41, 5.74) is 0.398. The maximum atomic E-state index is 13.0. The molecule has 1 aliphatic rings. The summed E-state index contributed by atoms with van der Waals surface area (Å²) in [7, 11) is 0. The van der Waals surface area contributed by atoms with Crippen LogP contribution in [0.2, 0.25) is 5.02 Å². The minimum Gasteiger partial charge on any atom is -0.335 e. The SMILES string of the molecule is O=C(Nc1ccc(Cl)c(F)c1)NC1CC1. The number of rotatable bonds is 2. The predicted molar refractivity (Wildman–Crippen MR) is 56.6 cm³/mol. The lowest BCUT2D eigenvalue weighted by molar-refractivity contribution is 0.251. The lowest BCUT2D eigenvalue weighted by Gasteiger charge is -2.06. The van der Waals surface area contributed by atoms with E-state index in [4.69, 9.17) is 11.6 Å². The van der Waals surface area contributed by atoms with Crippen LogP contribution in [0.1, 0.15) is 12.8 Å². The Kier molecular flexibility index (Phi) is 2.77. The van der Waals surface area contributed by atoms with Crippen LogP contribution in [-0.4, -0.2) is 12.1 Å². The van der Waals surface area contributed by atoms with E-state index in [0.717, 1.165) is 12.8 Å². The van der Waals surface area contributed by atoms with Gasteiger partial charge in [0.05, 0.1) is 5.02 Å². The molecule has 80 valence electrons. The summed E-state index contributed by atoms with van der Waals surface area (Å²) in [6.45, 7) is 0. The third kappa shape index (κ3) is 2.83. The van der Waals surface area contributed by atoms with Gasteiger partial charge in [0.15, 0.2) is 0 Å². The van der Waals surface area contributed by atoms with E-state index in [0.29, 0.717) is 5.69 Å². The monoisotopic (exact) mass is 228 g/mol. The minimum atomic E-state index is -0.541. The maximum Gasteiger partial charge on any atom is 0.319 e. The largest absolute Gasteiger partial charge is 0.335 e. The minimum absolute atomic E-state index is 0.0446. The number of hydrogen-bond donors (Lipinski definition) is 2. The van der Waals surface area contributed by atoms with Crippen molar-refractivity contribution in [3.05, 3.63) is 29.0 Å². The van der Waals surface area contributed by atoms with Gasteiger partial charge in [-0.05, 0) is 31.0 Å². The third-order valence-corrected chi connectivity index (χ3v) is 2.40. The Labute approximate surface area is 91.6 Å². The number of halogens is 2. The first-order valence-corrected chi connectivity index (χ1v) is 5.05. The van der Waals surface area contributed by atoms with Gasteiger partial charge >= 0.3 is 6.03 Å². The Morgan fingerprint density at radius 1 is 1.47 bits per heavy atom. The summed E-state index contributed by atoms with van der Waals surface area (Å²) in [6.07, 6.45) is 2.03. The second kappa shape index (κ2) is 4.06. The average Bonchev–Trinajstić information content (AvgIpc) is 2.95. The fourth-order valence-corrected chi connectivity index (χ4v) is 1.27. The molecule has 0 unspecified atom stereocenters. The molecule has 0 saturated heterocycles. The summed E-state index contributed by atoms with van der Waals surface area (Å²) in [4.78, 5) is 11.3. The van der Waals surface area contributed by atoms with Crippen molar-refractivity contribution in [1.29, 1.82) is 0 Å². The van der Waals surface area contributed by atoms with Gasteiger partial charge in [0.25, 0.3) is 0 Å². The molecule has 3 nitrogen and oxygen atoms in total. The van der Waals surface area contributed by atoms with Gasteiger partial charge in [-0.15, -0.1) is 0 Å². The van der Waals surface area contributed by atoms with Crippen molar-refractivity contribution in [3.63, 3.8) is 0 Å². The van der Waals surface area contributed by atoms with E-state index in [1.807, 2.05) is 0 Å². The molecular weight excluding hydrogens is 219 g/mol. The van der Waals surface area contributed by atoms with E-state index in [1.54, 1.807) is 6.07 Å². The van der Waals surface area contributed by atoms with Crippen molar-refractivity contribution in [2.45, 2.75) is 18.9 Å². The predicted octanol–water partition coefficient (Wildman–Crippen LogP) is 2.76. The Hall–Kier alpha value is -1.29. The molecule has 15 heavy (non-hydrogen) atoms. The van der Waals surface area contributed by atoms with Gasteiger partial charge in [0, 0.05) is 11.7 Å². The molecular formula is C10H10ClFN2O. The first kappa shape index (κ1) is 10.2. The highest BCUT2D eigenvalue weighted by Crippen LogP contribution is 2.20. The molecule has 0 aliphatic heterocycles. The molecule has 5 heteroatoms. The maximum absolute atomic E-state index is 13.0. The number of urea groups is 1. The third-order valence-electron chi connectivity index (χ3n) is 2.09. The highest BCUT2D eigenvalue weighted by Gasteiger charge is 2.23. The van der Waals surface area contributed by atoms with Crippen LogP contribution in [0.15, 0.2) is 18.2 Å². The molecule has 1 saturated carbocycles. The topological polar surface area (TPSA) is 41.1 Å². The van der Waals surface area contributed by atoms with E-state index in [9.17, 15) is 9.18 Å². The molecule has 0 spiro atoms. The molecule has 0 atom stereocenters. The highest BCUT2D eigenvalue weighted by molar-refractivity contribution is 6.30. The smallest absolute Gasteiger partial charge is 0.319 e. The first-order chi connectivity index (χ1) is 7.15.